The molecule has 0 aromatic carbocycles. The van der Waals surface area contributed by atoms with Crippen LogP contribution in [0.2, 0.25) is 0 Å². The van der Waals surface area contributed by atoms with Crippen molar-refractivity contribution in [3.05, 3.63) is 49.0 Å². The molecule has 0 radical (unpaired) electrons. The molecular formula is C14H22N2O. The standard InChI is InChI=1S/C14H22N2O/c1-4-9-16(10-5-2)12-14-8-7-13(17-14)11-15-6-3/h4-5,7-8,15H,1-2,6,9-12H2,3H3. The molecule has 0 aliphatic heterocycles. The Morgan fingerprint density at radius 2 is 1.88 bits per heavy atom. The van der Waals surface area contributed by atoms with E-state index in [1.165, 1.54) is 0 Å². The van der Waals surface area contributed by atoms with Gasteiger partial charge in [0.25, 0.3) is 0 Å². The molecule has 0 fully saturated rings. The minimum atomic E-state index is 0.791. The van der Waals surface area contributed by atoms with Crippen LogP contribution in [0, 0.1) is 0 Å². The zero-order chi connectivity index (χ0) is 12.5. The van der Waals surface area contributed by atoms with Crippen molar-refractivity contribution in [2.24, 2.45) is 0 Å². The van der Waals surface area contributed by atoms with E-state index in [0.717, 1.165) is 44.2 Å². The number of nitrogens with one attached hydrogen (secondary N) is 1. The van der Waals surface area contributed by atoms with Crippen molar-refractivity contribution in [1.29, 1.82) is 0 Å². The van der Waals surface area contributed by atoms with Gasteiger partial charge in [-0.2, -0.15) is 0 Å². The Morgan fingerprint density at radius 3 is 2.47 bits per heavy atom. The SMILES string of the molecule is C=CCN(CC=C)Cc1ccc(CNCC)o1. The normalized spacial score (nSPS) is 10.7. The first-order valence-electron chi connectivity index (χ1n) is 6.02. The maximum atomic E-state index is 5.74. The van der Waals surface area contributed by atoms with Crippen molar-refractivity contribution in [2.75, 3.05) is 19.6 Å². The Bertz CT molecular complexity index is 334. The minimum Gasteiger partial charge on any atom is -0.463 e. The third kappa shape index (κ3) is 5.02. The summed E-state index contributed by atoms with van der Waals surface area (Å²) in [6, 6.07) is 4.06. The lowest BCUT2D eigenvalue weighted by molar-refractivity contribution is 0.289. The highest BCUT2D eigenvalue weighted by molar-refractivity contribution is 5.07. The first kappa shape index (κ1) is 13.7. The van der Waals surface area contributed by atoms with Gasteiger partial charge in [-0.25, -0.2) is 0 Å². The second-order valence-corrected chi connectivity index (χ2v) is 3.92. The molecule has 0 bridgehead atoms. The smallest absolute Gasteiger partial charge is 0.118 e. The molecule has 0 aliphatic carbocycles. The quantitative estimate of drug-likeness (QED) is 0.666. The average molecular weight is 234 g/mol. The van der Waals surface area contributed by atoms with Crippen molar-refractivity contribution in [1.82, 2.24) is 10.2 Å². The number of hydrogen-bond donors (Lipinski definition) is 1. The van der Waals surface area contributed by atoms with E-state index in [2.05, 4.69) is 30.3 Å². The molecule has 1 aromatic rings. The molecule has 17 heavy (non-hydrogen) atoms. The molecule has 0 unspecified atom stereocenters. The van der Waals surface area contributed by atoms with Gasteiger partial charge in [-0.1, -0.05) is 19.1 Å². The molecule has 3 heteroatoms. The Kier molecular flexibility index (Phi) is 6.37. The van der Waals surface area contributed by atoms with Crippen LogP contribution in [0.15, 0.2) is 41.9 Å². The maximum absolute atomic E-state index is 5.74. The first-order chi connectivity index (χ1) is 8.30. The Balaban J connectivity index is 2.50. The zero-order valence-electron chi connectivity index (χ0n) is 10.6. The molecule has 1 N–H and O–H groups in total. The minimum absolute atomic E-state index is 0.791. The van der Waals surface area contributed by atoms with Gasteiger partial charge < -0.3 is 9.73 Å². The van der Waals surface area contributed by atoms with Crippen LogP contribution in [0.5, 0.6) is 0 Å². The highest BCUT2D eigenvalue weighted by atomic mass is 16.3. The summed E-state index contributed by atoms with van der Waals surface area (Å²) in [6.45, 7) is 13.8. The summed E-state index contributed by atoms with van der Waals surface area (Å²) < 4.78 is 5.74. The molecule has 0 aliphatic rings. The number of nitrogens with zero attached hydrogens (tertiary/aromatic N) is 1. The maximum Gasteiger partial charge on any atom is 0.118 e. The summed E-state index contributed by atoms with van der Waals surface area (Å²) in [4.78, 5) is 2.22. The summed E-state index contributed by atoms with van der Waals surface area (Å²) in [5.74, 6) is 1.97. The van der Waals surface area contributed by atoms with Crippen molar-refractivity contribution in [3.63, 3.8) is 0 Å². The lowest BCUT2D eigenvalue weighted by atomic mass is 10.3. The van der Waals surface area contributed by atoms with Gasteiger partial charge in [0.15, 0.2) is 0 Å². The Labute approximate surface area is 104 Å². The predicted octanol–water partition coefficient (Wildman–Crippen LogP) is 2.56. The third-order valence-corrected chi connectivity index (χ3v) is 2.42. The van der Waals surface area contributed by atoms with Gasteiger partial charge in [-0.15, -0.1) is 13.2 Å². The molecule has 0 atom stereocenters. The van der Waals surface area contributed by atoms with Gasteiger partial charge in [-0.05, 0) is 18.7 Å². The van der Waals surface area contributed by atoms with Crippen LogP contribution in [-0.2, 0) is 13.1 Å². The third-order valence-electron chi connectivity index (χ3n) is 2.42. The Hall–Kier alpha value is -1.32. The van der Waals surface area contributed by atoms with Crippen LogP contribution in [-0.4, -0.2) is 24.5 Å². The van der Waals surface area contributed by atoms with Gasteiger partial charge in [0, 0.05) is 13.1 Å². The van der Waals surface area contributed by atoms with E-state index in [-0.39, 0.29) is 0 Å². The molecule has 0 amide bonds. The molecule has 0 saturated carbocycles. The molecule has 0 spiro atoms. The number of furan rings is 1. The highest BCUT2D eigenvalue weighted by Gasteiger charge is 2.06. The molecule has 1 heterocycles. The van der Waals surface area contributed by atoms with Crippen LogP contribution in [0.4, 0.5) is 0 Å². The number of rotatable bonds is 9. The largest absolute Gasteiger partial charge is 0.463 e. The van der Waals surface area contributed by atoms with Crippen LogP contribution in [0.25, 0.3) is 0 Å². The van der Waals surface area contributed by atoms with Gasteiger partial charge in [0.1, 0.15) is 11.5 Å². The van der Waals surface area contributed by atoms with Crippen molar-refractivity contribution in [2.45, 2.75) is 20.0 Å². The van der Waals surface area contributed by atoms with Crippen LogP contribution < -0.4 is 5.32 Å². The van der Waals surface area contributed by atoms with Crippen LogP contribution in [0.3, 0.4) is 0 Å². The fourth-order valence-corrected chi connectivity index (χ4v) is 1.64. The monoisotopic (exact) mass is 234 g/mol. The van der Waals surface area contributed by atoms with Gasteiger partial charge in [0.05, 0.1) is 13.1 Å². The average Bonchev–Trinajstić information content (AvgIpc) is 2.75. The first-order valence-corrected chi connectivity index (χ1v) is 6.02. The topological polar surface area (TPSA) is 28.4 Å². The fourth-order valence-electron chi connectivity index (χ4n) is 1.64. The highest BCUT2D eigenvalue weighted by Crippen LogP contribution is 2.10. The summed E-state index contributed by atoms with van der Waals surface area (Å²) in [6.07, 6.45) is 3.79. The van der Waals surface area contributed by atoms with E-state index in [0.29, 0.717) is 0 Å². The fraction of sp³-hybridized carbons (Fsp3) is 0.429. The summed E-state index contributed by atoms with van der Waals surface area (Å²) >= 11 is 0. The lowest BCUT2D eigenvalue weighted by Crippen LogP contribution is -2.22. The summed E-state index contributed by atoms with van der Waals surface area (Å²) in [5.41, 5.74) is 0. The van der Waals surface area contributed by atoms with E-state index in [9.17, 15) is 0 Å². The van der Waals surface area contributed by atoms with E-state index in [1.807, 2.05) is 24.3 Å². The van der Waals surface area contributed by atoms with Gasteiger partial charge in [-0.3, -0.25) is 4.90 Å². The predicted molar refractivity (Wildman–Crippen MR) is 71.8 cm³/mol. The van der Waals surface area contributed by atoms with E-state index >= 15 is 0 Å². The van der Waals surface area contributed by atoms with E-state index in [1.54, 1.807) is 0 Å². The van der Waals surface area contributed by atoms with E-state index < -0.39 is 0 Å². The van der Waals surface area contributed by atoms with E-state index in [4.69, 9.17) is 4.42 Å². The molecule has 0 saturated heterocycles. The van der Waals surface area contributed by atoms with Crippen LogP contribution >= 0.6 is 0 Å². The summed E-state index contributed by atoms with van der Waals surface area (Å²) in [7, 11) is 0. The molecular weight excluding hydrogens is 212 g/mol. The molecule has 1 aromatic heterocycles. The lowest BCUT2D eigenvalue weighted by Gasteiger charge is -2.16. The van der Waals surface area contributed by atoms with Crippen molar-refractivity contribution < 1.29 is 4.42 Å². The second kappa shape index (κ2) is 7.87. The van der Waals surface area contributed by atoms with Gasteiger partial charge >= 0.3 is 0 Å². The van der Waals surface area contributed by atoms with Crippen LogP contribution in [0.1, 0.15) is 18.4 Å². The molecule has 94 valence electrons. The Morgan fingerprint density at radius 1 is 1.24 bits per heavy atom. The van der Waals surface area contributed by atoms with Gasteiger partial charge in [0.2, 0.25) is 0 Å². The summed E-state index contributed by atoms with van der Waals surface area (Å²) in [5, 5.41) is 3.24. The van der Waals surface area contributed by atoms with Crippen molar-refractivity contribution in [3.8, 4) is 0 Å². The van der Waals surface area contributed by atoms with Crippen molar-refractivity contribution >= 4 is 0 Å². The second-order valence-electron chi connectivity index (χ2n) is 3.92. The zero-order valence-corrected chi connectivity index (χ0v) is 10.6. The molecule has 3 nitrogen and oxygen atoms in total. The molecule has 1 rings (SSSR count). The number of hydrogen-bond acceptors (Lipinski definition) is 3.